The highest BCUT2D eigenvalue weighted by Gasteiger charge is 2.23. The monoisotopic (exact) mass is 373 g/mol. The van der Waals surface area contributed by atoms with Gasteiger partial charge in [-0.05, 0) is 38.5 Å². The Labute approximate surface area is 160 Å². The maximum absolute atomic E-state index is 6.04. The molecular formula is C19H31N7O. The Hall–Kier alpha value is -1.93. The Bertz CT molecular complexity index is 748. The number of aromatic nitrogens is 4. The molecule has 0 spiro atoms. The van der Waals surface area contributed by atoms with Crippen molar-refractivity contribution in [1.29, 1.82) is 0 Å². The fraction of sp³-hybridized carbons (Fsp3) is 0.737. The minimum Gasteiger partial charge on any atom is -0.383 e. The van der Waals surface area contributed by atoms with E-state index in [4.69, 9.17) is 20.4 Å². The third kappa shape index (κ3) is 4.16. The lowest BCUT2D eigenvalue weighted by molar-refractivity contribution is 0.210. The predicted octanol–water partition coefficient (Wildman–Crippen LogP) is 2.68. The molecule has 0 atom stereocenters. The first kappa shape index (κ1) is 18.4. The van der Waals surface area contributed by atoms with Crippen molar-refractivity contribution < 1.29 is 4.74 Å². The van der Waals surface area contributed by atoms with Crippen LogP contribution in [0.5, 0.6) is 0 Å². The summed E-state index contributed by atoms with van der Waals surface area (Å²) in [5.74, 6) is 1.46. The highest BCUT2D eigenvalue weighted by atomic mass is 16.5. The van der Waals surface area contributed by atoms with Crippen molar-refractivity contribution in [2.45, 2.75) is 69.5 Å². The molecular weight excluding hydrogens is 342 g/mol. The maximum atomic E-state index is 6.04. The summed E-state index contributed by atoms with van der Waals surface area (Å²) in [7, 11) is 1.70. The van der Waals surface area contributed by atoms with E-state index in [0.717, 1.165) is 42.7 Å². The number of nitrogens with two attached hydrogens (primary N) is 1. The molecule has 8 heteroatoms. The van der Waals surface area contributed by atoms with Gasteiger partial charge in [0.15, 0.2) is 17.0 Å². The van der Waals surface area contributed by atoms with Crippen molar-refractivity contribution in [3.05, 3.63) is 6.33 Å². The summed E-state index contributed by atoms with van der Waals surface area (Å²) >= 11 is 0. The summed E-state index contributed by atoms with van der Waals surface area (Å²) in [6.45, 7) is 1.31. The van der Waals surface area contributed by atoms with Crippen molar-refractivity contribution in [3.8, 4) is 0 Å². The first-order valence-electron chi connectivity index (χ1n) is 10.2. The van der Waals surface area contributed by atoms with Gasteiger partial charge in [-0.15, -0.1) is 0 Å². The molecule has 0 aliphatic heterocycles. The lowest BCUT2D eigenvalue weighted by Gasteiger charge is -2.27. The molecule has 0 saturated heterocycles. The largest absolute Gasteiger partial charge is 0.383 e. The second kappa shape index (κ2) is 8.39. The molecule has 0 bridgehead atoms. The Morgan fingerprint density at radius 2 is 1.93 bits per heavy atom. The normalized spacial score (nSPS) is 23.8. The molecule has 0 radical (unpaired) electrons. The van der Waals surface area contributed by atoms with Gasteiger partial charge in [-0.1, -0.05) is 12.8 Å². The second-order valence-corrected chi connectivity index (χ2v) is 7.83. The molecule has 2 aliphatic carbocycles. The third-order valence-corrected chi connectivity index (χ3v) is 5.84. The SMILES string of the molecule is COCCNc1nc(NC2CCC(N)CC2)nc2c1ncn2C1CCCC1. The number of hydrogen-bond donors (Lipinski definition) is 3. The summed E-state index contributed by atoms with van der Waals surface area (Å²) in [5, 5.41) is 6.91. The van der Waals surface area contributed by atoms with Crippen LogP contribution in [0.2, 0.25) is 0 Å². The van der Waals surface area contributed by atoms with E-state index in [-0.39, 0.29) is 0 Å². The van der Waals surface area contributed by atoms with Crippen LogP contribution in [0, 0.1) is 0 Å². The number of fused-ring (bicyclic) bond motifs is 1. The molecule has 0 unspecified atom stereocenters. The lowest BCUT2D eigenvalue weighted by Crippen LogP contribution is -2.33. The summed E-state index contributed by atoms with van der Waals surface area (Å²) in [6, 6.07) is 1.22. The highest BCUT2D eigenvalue weighted by molar-refractivity contribution is 5.84. The van der Waals surface area contributed by atoms with Gasteiger partial charge in [0.2, 0.25) is 5.95 Å². The summed E-state index contributed by atoms with van der Waals surface area (Å²) in [5.41, 5.74) is 7.81. The van der Waals surface area contributed by atoms with E-state index in [9.17, 15) is 0 Å². The van der Waals surface area contributed by atoms with Crippen LogP contribution in [-0.4, -0.2) is 51.9 Å². The number of nitrogens with zero attached hydrogens (tertiary/aromatic N) is 4. The van der Waals surface area contributed by atoms with Gasteiger partial charge in [-0.25, -0.2) is 4.98 Å². The van der Waals surface area contributed by atoms with Gasteiger partial charge >= 0.3 is 0 Å². The molecule has 4 N–H and O–H groups in total. The lowest BCUT2D eigenvalue weighted by atomic mass is 9.92. The molecule has 27 heavy (non-hydrogen) atoms. The van der Waals surface area contributed by atoms with E-state index < -0.39 is 0 Å². The standard InChI is InChI=1S/C19H31N7O/c1-27-11-10-21-17-16-18(26(12-22-16)15-4-2-3-5-15)25-19(24-17)23-14-8-6-13(20)7-9-14/h12-15H,2-11,20H2,1H3,(H2,21,23,24,25). The summed E-state index contributed by atoms with van der Waals surface area (Å²) < 4.78 is 7.41. The molecule has 2 saturated carbocycles. The molecule has 2 aromatic rings. The van der Waals surface area contributed by atoms with Crippen molar-refractivity contribution >= 4 is 22.9 Å². The van der Waals surface area contributed by atoms with E-state index in [2.05, 4.69) is 20.2 Å². The first-order valence-corrected chi connectivity index (χ1v) is 10.2. The zero-order valence-electron chi connectivity index (χ0n) is 16.2. The average molecular weight is 374 g/mol. The molecule has 0 aromatic carbocycles. The number of anilines is 2. The Morgan fingerprint density at radius 1 is 1.15 bits per heavy atom. The van der Waals surface area contributed by atoms with Crippen LogP contribution in [0.1, 0.15) is 57.4 Å². The van der Waals surface area contributed by atoms with Gasteiger partial charge in [0.25, 0.3) is 0 Å². The zero-order chi connectivity index (χ0) is 18.6. The summed E-state index contributed by atoms with van der Waals surface area (Å²) in [6.07, 6.45) is 11.1. The molecule has 148 valence electrons. The van der Waals surface area contributed by atoms with Gasteiger partial charge < -0.3 is 25.7 Å². The highest BCUT2D eigenvalue weighted by Crippen LogP contribution is 2.33. The molecule has 2 heterocycles. The van der Waals surface area contributed by atoms with Gasteiger partial charge in [-0.2, -0.15) is 9.97 Å². The maximum Gasteiger partial charge on any atom is 0.227 e. The quantitative estimate of drug-likeness (QED) is 0.641. The second-order valence-electron chi connectivity index (χ2n) is 7.83. The van der Waals surface area contributed by atoms with E-state index in [0.29, 0.717) is 37.2 Å². The Morgan fingerprint density at radius 3 is 2.67 bits per heavy atom. The van der Waals surface area contributed by atoms with Crippen LogP contribution < -0.4 is 16.4 Å². The van der Waals surface area contributed by atoms with Gasteiger partial charge in [0, 0.05) is 31.8 Å². The Balaban J connectivity index is 1.62. The minimum absolute atomic E-state index is 0.335. The van der Waals surface area contributed by atoms with E-state index in [1.54, 1.807) is 7.11 Å². The molecule has 2 aliphatic rings. The number of hydrogen-bond acceptors (Lipinski definition) is 7. The van der Waals surface area contributed by atoms with Crippen LogP contribution in [0.25, 0.3) is 11.2 Å². The molecule has 8 nitrogen and oxygen atoms in total. The van der Waals surface area contributed by atoms with Crippen LogP contribution in [0.15, 0.2) is 6.33 Å². The average Bonchev–Trinajstić information content (AvgIpc) is 3.33. The smallest absolute Gasteiger partial charge is 0.227 e. The number of ether oxygens (including phenoxy) is 1. The van der Waals surface area contributed by atoms with E-state index >= 15 is 0 Å². The fourth-order valence-electron chi connectivity index (χ4n) is 4.27. The third-order valence-electron chi connectivity index (χ3n) is 5.84. The van der Waals surface area contributed by atoms with Crippen molar-refractivity contribution in [2.75, 3.05) is 30.9 Å². The van der Waals surface area contributed by atoms with Crippen LogP contribution >= 0.6 is 0 Å². The predicted molar refractivity (Wildman–Crippen MR) is 107 cm³/mol. The number of nitrogens with one attached hydrogen (secondary N) is 2. The van der Waals surface area contributed by atoms with E-state index in [1.807, 2.05) is 6.33 Å². The van der Waals surface area contributed by atoms with E-state index in [1.165, 1.54) is 25.7 Å². The van der Waals surface area contributed by atoms with Crippen molar-refractivity contribution in [3.63, 3.8) is 0 Å². The number of rotatable bonds is 7. The topological polar surface area (TPSA) is 103 Å². The molecule has 2 fully saturated rings. The molecule has 0 amide bonds. The van der Waals surface area contributed by atoms with Crippen LogP contribution in [0.3, 0.4) is 0 Å². The minimum atomic E-state index is 0.335. The van der Waals surface area contributed by atoms with Crippen LogP contribution in [0.4, 0.5) is 11.8 Å². The molecule has 2 aromatic heterocycles. The van der Waals surface area contributed by atoms with Crippen molar-refractivity contribution in [1.82, 2.24) is 19.5 Å². The number of methoxy groups -OCH3 is 1. The van der Waals surface area contributed by atoms with Gasteiger partial charge in [0.1, 0.15) is 0 Å². The summed E-state index contributed by atoms with van der Waals surface area (Å²) in [4.78, 5) is 14.2. The molecule has 4 rings (SSSR count). The van der Waals surface area contributed by atoms with Gasteiger partial charge in [-0.3, -0.25) is 0 Å². The zero-order valence-corrected chi connectivity index (χ0v) is 16.2. The van der Waals surface area contributed by atoms with Gasteiger partial charge in [0.05, 0.1) is 12.9 Å². The number of imidazole rings is 1. The van der Waals surface area contributed by atoms with Crippen LogP contribution in [-0.2, 0) is 4.74 Å². The van der Waals surface area contributed by atoms with Crippen molar-refractivity contribution in [2.24, 2.45) is 5.73 Å². The first-order chi connectivity index (χ1) is 13.2. The Kier molecular flexibility index (Phi) is 5.73. The fourth-order valence-corrected chi connectivity index (χ4v) is 4.27.